The van der Waals surface area contributed by atoms with Gasteiger partial charge in [-0.05, 0) is 32.3 Å². The van der Waals surface area contributed by atoms with Crippen molar-refractivity contribution in [3.63, 3.8) is 0 Å². The van der Waals surface area contributed by atoms with E-state index in [0.29, 0.717) is 30.1 Å². The third-order valence-corrected chi connectivity index (χ3v) is 3.96. The van der Waals surface area contributed by atoms with E-state index in [4.69, 9.17) is 22.7 Å². The maximum Gasteiger partial charge on any atom is 0.159 e. The first kappa shape index (κ1) is 15.1. The largest absolute Gasteiger partial charge is 0.389 e. The van der Waals surface area contributed by atoms with Crippen LogP contribution in [0.4, 0.5) is 5.82 Å². The molecule has 5 nitrogen and oxygen atoms in total. The summed E-state index contributed by atoms with van der Waals surface area (Å²) in [7, 11) is 0. The van der Waals surface area contributed by atoms with E-state index < -0.39 is 0 Å². The molecule has 0 amide bonds. The molecule has 1 aliphatic rings. The van der Waals surface area contributed by atoms with Gasteiger partial charge in [-0.3, -0.25) is 0 Å². The molecule has 2 rings (SSSR count). The molecule has 1 aliphatic carbocycles. The molecular weight excluding hydrogens is 272 g/mol. The summed E-state index contributed by atoms with van der Waals surface area (Å²) in [4.78, 5) is 0.347. The first-order valence-corrected chi connectivity index (χ1v) is 7.49. The van der Waals surface area contributed by atoms with Crippen molar-refractivity contribution in [2.24, 2.45) is 5.73 Å². The first-order valence-electron chi connectivity index (χ1n) is 7.08. The third kappa shape index (κ3) is 3.64. The van der Waals surface area contributed by atoms with Crippen LogP contribution < -0.4 is 11.1 Å². The van der Waals surface area contributed by atoms with Gasteiger partial charge in [-0.2, -0.15) is 5.10 Å². The average molecular weight is 294 g/mol. The molecular formula is C14H22N4OS. The highest BCUT2D eigenvalue weighted by molar-refractivity contribution is 7.80. The van der Waals surface area contributed by atoms with E-state index in [2.05, 4.69) is 15.5 Å². The van der Waals surface area contributed by atoms with Crippen molar-refractivity contribution in [1.82, 2.24) is 10.2 Å². The minimum absolute atomic E-state index is 0.347. The van der Waals surface area contributed by atoms with Crippen molar-refractivity contribution in [2.45, 2.75) is 45.6 Å². The topological polar surface area (TPSA) is 73.1 Å². The number of hydrogen-bond acceptors (Lipinski definition) is 5. The second-order valence-corrected chi connectivity index (χ2v) is 5.64. The van der Waals surface area contributed by atoms with Crippen LogP contribution in [0, 0.1) is 13.8 Å². The van der Waals surface area contributed by atoms with Crippen LogP contribution in [0.5, 0.6) is 0 Å². The zero-order valence-corrected chi connectivity index (χ0v) is 12.9. The van der Waals surface area contributed by atoms with Gasteiger partial charge in [0.25, 0.3) is 0 Å². The minimum Gasteiger partial charge on any atom is -0.389 e. The Hall–Kier alpha value is -1.27. The fourth-order valence-corrected chi connectivity index (χ4v) is 2.73. The Morgan fingerprint density at radius 3 is 2.70 bits per heavy atom. The van der Waals surface area contributed by atoms with Gasteiger partial charge in [0.1, 0.15) is 4.99 Å². The molecule has 0 unspecified atom stereocenters. The number of ether oxygens (including phenoxy) is 1. The molecule has 0 bridgehead atoms. The van der Waals surface area contributed by atoms with Gasteiger partial charge in [-0.1, -0.05) is 25.1 Å². The van der Waals surface area contributed by atoms with E-state index in [-0.39, 0.29) is 0 Å². The Labute approximate surface area is 125 Å². The number of aryl methyl sites for hydroxylation is 1. The Kier molecular flexibility index (Phi) is 5.25. The number of nitrogens with two attached hydrogens (primary N) is 1. The quantitative estimate of drug-likeness (QED) is 0.618. The van der Waals surface area contributed by atoms with Crippen LogP contribution in [0.2, 0.25) is 0 Å². The van der Waals surface area contributed by atoms with Gasteiger partial charge in [-0.25, -0.2) is 0 Å². The predicted molar refractivity (Wildman–Crippen MR) is 84.1 cm³/mol. The summed E-state index contributed by atoms with van der Waals surface area (Å²) in [5, 5.41) is 11.5. The van der Waals surface area contributed by atoms with Crippen molar-refractivity contribution in [3.05, 3.63) is 16.8 Å². The summed E-state index contributed by atoms with van der Waals surface area (Å²) in [6.45, 7) is 5.20. The smallest absolute Gasteiger partial charge is 0.159 e. The standard InChI is InChI=1S/C14H22N4OS/c1-9-10(2)17-18-14(12(9)13(15)20)16-7-8-19-11-5-3-4-6-11/h11H,3-8H2,1-2H3,(H2,15,20)(H,16,18). The zero-order chi connectivity index (χ0) is 14.5. The van der Waals surface area contributed by atoms with E-state index in [1.54, 1.807) is 0 Å². The maximum atomic E-state index is 5.80. The van der Waals surface area contributed by atoms with E-state index in [0.717, 1.165) is 16.8 Å². The summed E-state index contributed by atoms with van der Waals surface area (Å²) in [6, 6.07) is 0. The highest BCUT2D eigenvalue weighted by Gasteiger charge is 2.16. The van der Waals surface area contributed by atoms with Crippen molar-refractivity contribution in [3.8, 4) is 0 Å². The molecule has 1 fully saturated rings. The molecule has 110 valence electrons. The lowest BCUT2D eigenvalue weighted by Gasteiger charge is -2.14. The van der Waals surface area contributed by atoms with Crippen molar-refractivity contribution in [2.75, 3.05) is 18.5 Å². The molecule has 0 spiro atoms. The Balaban J connectivity index is 1.91. The number of nitrogens with zero attached hydrogens (tertiary/aromatic N) is 2. The van der Waals surface area contributed by atoms with Gasteiger partial charge in [-0.15, -0.1) is 5.10 Å². The van der Waals surface area contributed by atoms with Gasteiger partial charge in [0.15, 0.2) is 5.82 Å². The van der Waals surface area contributed by atoms with Gasteiger partial charge in [0, 0.05) is 6.54 Å². The summed E-state index contributed by atoms with van der Waals surface area (Å²) in [5.41, 5.74) is 8.39. The van der Waals surface area contributed by atoms with E-state index in [9.17, 15) is 0 Å². The second kappa shape index (κ2) is 6.95. The number of anilines is 1. The molecule has 0 aromatic carbocycles. The maximum absolute atomic E-state index is 5.80. The lowest BCUT2D eigenvalue weighted by atomic mass is 10.1. The van der Waals surface area contributed by atoms with Crippen LogP contribution in [-0.4, -0.2) is 34.4 Å². The number of aromatic nitrogens is 2. The molecule has 6 heteroatoms. The highest BCUT2D eigenvalue weighted by atomic mass is 32.1. The molecule has 0 radical (unpaired) electrons. The van der Waals surface area contributed by atoms with E-state index >= 15 is 0 Å². The van der Waals surface area contributed by atoms with Crippen LogP contribution in [0.15, 0.2) is 0 Å². The Bertz CT molecular complexity index is 486. The minimum atomic E-state index is 0.347. The van der Waals surface area contributed by atoms with Crippen molar-refractivity contribution in [1.29, 1.82) is 0 Å². The van der Waals surface area contributed by atoms with Gasteiger partial charge in [0.2, 0.25) is 0 Å². The third-order valence-electron chi connectivity index (χ3n) is 3.75. The zero-order valence-electron chi connectivity index (χ0n) is 12.1. The number of thiocarbonyl (C=S) groups is 1. The fraction of sp³-hybridized carbons (Fsp3) is 0.643. The van der Waals surface area contributed by atoms with Crippen molar-refractivity contribution < 1.29 is 4.74 Å². The molecule has 0 aliphatic heterocycles. The summed E-state index contributed by atoms with van der Waals surface area (Å²) in [5.74, 6) is 0.649. The van der Waals surface area contributed by atoms with Crippen LogP contribution in [-0.2, 0) is 4.74 Å². The lowest BCUT2D eigenvalue weighted by Crippen LogP contribution is -2.21. The van der Waals surface area contributed by atoms with Gasteiger partial charge < -0.3 is 15.8 Å². The Morgan fingerprint density at radius 2 is 2.05 bits per heavy atom. The number of nitrogens with one attached hydrogen (secondary N) is 1. The normalized spacial score (nSPS) is 15.5. The molecule has 3 N–H and O–H groups in total. The van der Waals surface area contributed by atoms with Crippen LogP contribution >= 0.6 is 12.2 Å². The average Bonchev–Trinajstić information content (AvgIpc) is 2.91. The molecule has 20 heavy (non-hydrogen) atoms. The predicted octanol–water partition coefficient (Wildman–Crippen LogP) is 2.10. The molecule has 0 atom stereocenters. The van der Waals surface area contributed by atoms with Crippen molar-refractivity contribution >= 4 is 23.0 Å². The SMILES string of the molecule is Cc1nnc(NCCOC2CCCC2)c(C(N)=S)c1C. The molecule has 1 aromatic rings. The van der Waals surface area contributed by atoms with Gasteiger partial charge in [0.05, 0.1) is 24.0 Å². The highest BCUT2D eigenvalue weighted by Crippen LogP contribution is 2.21. The molecule has 1 saturated carbocycles. The summed E-state index contributed by atoms with van der Waals surface area (Å²) in [6.07, 6.45) is 5.36. The number of rotatable bonds is 6. The Morgan fingerprint density at radius 1 is 1.35 bits per heavy atom. The van der Waals surface area contributed by atoms with Gasteiger partial charge >= 0.3 is 0 Å². The monoisotopic (exact) mass is 294 g/mol. The molecule has 1 heterocycles. The summed E-state index contributed by atoms with van der Waals surface area (Å²) >= 11 is 5.10. The van der Waals surface area contributed by atoms with E-state index in [1.807, 2.05) is 13.8 Å². The first-order chi connectivity index (χ1) is 9.59. The summed E-state index contributed by atoms with van der Waals surface area (Å²) < 4.78 is 5.80. The molecule has 0 saturated heterocycles. The van der Waals surface area contributed by atoms with E-state index in [1.165, 1.54) is 25.7 Å². The fourth-order valence-electron chi connectivity index (χ4n) is 2.48. The lowest BCUT2D eigenvalue weighted by molar-refractivity contribution is 0.0658. The second-order valence-electron chi connectivity index (χ2n) is 5.20. The van der Waals surface area contributed by atoms with Crippen LogP contribution in [0.1, 0.15) is 42.5 Å². The molecule has 1 aromatic heterocycles. The van der Waals surface area contributed by atoms with Crippen LogP contribution in [0.3, 0.4) is 0 Å². The van der Waals surface area contributed by atoms with Crippen LogP contribution in [0.25, 0.3) is 0 Å². The number of hydrogen-bond donors (Lipinski definition) is 2.